The second kappa shape index (κ2) is 6.36. The normalized spacial score (nSPS) is 42.3. The topological polar surface area (TPSA) is 35.5 Å². The second-order valence-corrected chi connectivity index (χ2v) is 6.71. The van der Waals surface area contributed by atoms with Crippen molar-refractivity contribution in [1.29, 1.82) is 0 Å². The highest BCUT2D eigenvalue weighted by Gasteiger charge is 2.35. The third-order valence-electron chi connectivity index (χ3n) is 5.15. The van der Waals surface area contributed by atoms with Gasteiger partial charge in [0.2, 0.25) is 0 Å². The van der Waals surface area contributed by atoms with Gasteiger partial charge in [0.1, 0.15) is 0 Å². The third-order valence-corrected chi connectivity index (χ3v) is 5.15. The first-order valence-corrected chi connectivity index (χ1v) is 7.64. The van der Waals surface area contributed by atoms with Crippen molar-refractivity contribution >= 4 is 0 Å². The molecule has 106 valence electrons. The maximum absolute atomic E-state index is 9.24. The van der Waals surface area contributed by atoms with Crippen molar-refractivity contribution in [1.82, 2.24) is 10.2 Å². The Hall–Kier alpha value is -0.120. The van der Waals surface area contributed by atoms with Gasteiger partial charge < -0.3 is 15.3 Å². The molecule has 3 nitrogen and oxygen atoms in total. The van der Waals surface area contributed by atoms with Crippen LogP contribution in [0.25, 0.3) is 0 Å². The van der Waals surface area contributed by atoms with E-state index in [2.05, 4.69) is 31.1 Å². The van der Waals surface area contributed by atoms with Gasteiger partial charge >= 0.3 is 0 Å². The van der Waals surface area contributed by atoms with Crippen LogP contribution in [0.1, 0.15) is 33.1 Å². The molecule has 0 spiro atoms. The average molecular weight is 254 g/mol. The number of hydrogen-bond donors (Lipinski definition) is 2. The summed E-state index contributed by atoms with van der Waals surface area (Å²) in [6.45, 7) is 8.67. The Morgan fingerprint density at radius 1 is 1.28 bits per heavy atom. The number of aliphatic hydroxyl groups excluding tert-OH is 1. The lowest BCUT2D eigenvalue weighted by atomic mass is 9.72. The fourth-order valence-electron chi connectivity index (χ4n) is 4.08. The summed E-state index contributed by atoms with van der Waals surface area (Å²) in [6, 6.07) is 0.678. The Bertz CT molecular complexity index is 259. The molecule has 1 aliphatic heterocycles. The maximum Gasteiger partial charge on any atom is 0.0471 e. The number of likely N-dealkylation sites (tertiary alicyclic amines) is 1. The van der Waals surface area contributed by atoms with Gasteiger partial charge in [-0.3, -0.25) is 0 Å². The molecule has 0 aromatic heterocycles. The van der Waals surface area contributed by atoms with Gasteiger partial charge in [0.05, 0.1) is 0 Å². The molecule has 1 heterocycles. The van der Waals surface area contributed by atoms with Crippen molar-refractivity contribution in [2.45, 2.75) is 39.2 Å². The largest absolute Gasteiger partial charge is 0.396 e. The Labute approximate surface area is 112 Å². The molecule has 0 radical (unpaired) electrons. The van der Waals surface area contributed by atoms with Crippen molar-refractivity contribution in [3.05, 3.63) is 0 Å². The number of hydrogen-bond acceptors (Lipinski definition) is 3. The van der Waals surface area contributed by atoms with E-state index >= 15 is 0 Å². The molecular weight excluding hydrogens is 224 g/mol. The van der Waals surface area contributed by atoms with E-state index in [-0.39, 0.29) is 0 Å². The average Bonchev–Trinajstić information content (AvgIpc) is 2.80. The molecule has 1 saturated heterocycles. The molecule has 2 rings (SSSR count). The van der Waals surface area contributed by atoms with Gasteiger partial charge in [0.25, 0.3) is 0 Å². The zero-order valence-corrected chi connectivity index (χ0v) is 12.2. The fraction of sp³-hybridized carbons (Fsp3) is 1.00. The molecule has 0 aromatic rings. The predicted molar refractivity (Wildman–Crippen MR) is 75.5 cm³/mol. The van der Waals surface area contributed by atoms with E-state index in [9.17, 15) is 5.11 Å². The van der Waals surface area contributed by atoms with E-state index in [4.69, 9.17) is 0 Å². The number of nitrogens with one attached hydrogen (secondary N) is 1. The minimum absolute atomic E-state index is 0.364. The van der Waals surface area contributed by atoms with E-state index in [1.807, 2.05) is 0 Å². The van der Waals surface area contributed by atoms with E-state index in [0.29, 0.717) is 18.6 Å². The zero-order chi connectivity index (χ0) is 13.1. The summed E-state index contributed by atoms with van der Waals surface area (Å²) in [4.78, 5) is 2.57. The quantitative estimate of drug-likeness (QED) is 0.799. The van der Waals surface area contributed by atoms with Gasteiger partial charge in [-0.25, -0.2) is 0 Å². The zero-order valence-electron chi connectivity index (χ0n) is 12.2. The van der Waals surface area contributed by atoms with E-state index in [1.165, 1.54) is 32.4 Å². The van der Waals surface area contributed by atoms with Crippen LogP contribution in [0.2, 0.25) is 0 Å². The summed E-state index contributed by atoms with van der Waals surface area (Å²) in [6.07, 6.45) is 3.88. The third kappa shape index (κ3) is 3.25. The van der Waals surface area contributed by atoms with Crippen LogP contribution in [-0.2, 0) is 0 Å². The van der Waals surface area contributed by atoms with Crippen LogP contribution in [0.5, 0.6) is 0 Å². The first kappa shape index (κ1) is 14.3. The molecule has 1 saturated carbocycles. The summed E-state index contributed by atoms with van der Waals surface area (Å²) in [7, 11) is 2.11. The van der Waals surface area contributed by atoms with Crippen molar-refractivity contribution in [3.63, 3.8) is 0 Å². The van der Waals surface area contributed by atoms with Crippen molar-refractivity contribution in [2.75, 3.05) is 33.3 Å². The van der Waals surface area contributed by atoms with Crippen LogP contribution >= 0.6 is 0 Å². The lowest BCUT2D eigenvalue weighted by Crippen LogP contribution is -2.47. The molecule has 0 amide bonds. The van der Waals surface area contributed by atoms with Crippen molar-refractivity contribution < 1.29 is 5.11 Å². The van der Waals surface area contributed by atoms with Gasteiger partial charge in [0, 0.05) is 25.7 Å². The molecule has 5 unspecified atom stereocenters. The molecular formula is C15H30N2O. The molecule has 0 bridgehead atoms. The molecule has 18 heavy (non-hydrogen) atoms. The highest BCUT2D eigenvalue weighted by atomic mass is 16.3. The number of aliphatic hydroxyl groups is 1. The van der Waals surface area contributed by atoms with Gasteiger partial charge in [-0.2, -0.15) is 0 Å². The first-order chi connectivity index (χ1) is 8.63. The summed E-state index contributed by atoms with van der Waals surface area (Å²) in [5.41, 5.74) is 0. The van der Waals surface area contributed by atoms with E-state index < -0.39 is 0 Å². The lowest BCUT2D eigenvalue weighted by molar-refractivity contribution is 0.111. The summed E-state index contributed by atoms with van der Waals surface area (Å²) in [5, 5.41) is 12.8. The smallest absolute Gasteiger partial charge is 0.0471 e. The van der Waals surface area contributed by atoms with Crippen LogP contribution in [0, 0.1) is 23.7 Å². The molecule has 3 heteroatoms. The van der Waals surface area contributed by atoms with Gasteiger partial charge in [-0.15, -0.1) is 0 Å². The van der Waals surface area contributed by atoms with E-state index in [1.54, 1.807) is 0 Å². The Morgan fingerprint density at radius 3 is 2.67 bits per heavy atom. The van der Waals surface area contributed by atoms with Crippen LogP contribution in [-0.4, -0.2) is 49.3 Å². The van der Waals surface area contributed by atoms with Gasteiger partial charge in [-0.1, -0.05) is 13.8 Å². The molecule has 2 aliphatic rings. The predicted octanol–water partition coefficient (Wildman–Crippen LogP) is 1.57. The minimum atomic E-state index is 0.364. The SMILES string of the molecule is CNC1CC(C)CC(C)C1CN1CCC(CO)C1. The van der Waals surface area contributed by atoms with Crippen molar-refractivity contribution in [3.8, 4) is 0 Å². The summed E-state index contributed by atoms with van der Waals surface area (Å²) < 4.78 is 0. The standard InChI is InChI=1S/C15H30N2O/c1-11-6-12(2)14(15(7-11)16-3)9-17-5-4-13(8-17)10-18/h11-16,18H,4-10H2,1-3H3. The van der Waals surface area contributed by atoms with Crippen molar-refractivity contribution in [2.24, 2.45) is 23.7 Å². The Morgan fingerprint density at radius 2 is 2.06 bits per heavy atom. The number of rotatable bonds is 4. The monoisotopic (exact) mass is 254 g/mol. The second-order valence-electron chi connectivity index (χ2n) is 6.71. The van der Waals surface area contributed by atoms with Crippen LogP contribution in [0.15, 0.2) is 0 Å². The molecule has 0 aromatic carbocycles. The fourth-order valence-corrected chi connectivity index (χ4v) is 4.08. The molecule has 2 fully saturated rings. The first-order valence-electron chi connectivity index (χ1n) is 7.64. The van der Waals surface area contributed by atoms with E-state index in [0.717, 1.165) is 24.3 Å². The van der Waals surface area contributed by atoms with Gasteiger partial charge in [0.15, 0.2) is 0 Å². The summed E-state index contributed by atoms with van der Waals surface area (Å²) in [5.74, 6) is 2.98. The molecule has 2 N–H and O–H groups in total. The lowest BCUT2D eigenvalue weighted by Gasteiger charge is -2.41. The highest BCUT2D eigenvalue weighted by Crippen LogP contribution is 2.35. The molecule has 5 atom stereocenters. The Balaban J connectivity index is 1.90. The number of nitrogens with zero attached hydrogens (tertiary/aromatic N) is 1. The summed E-state index contributed by atoms with van der Waals surface area (Å²) >= 11 is 0. The van der Waals surface area contributed by atoms with Crippen LogP contribution < -0.4 is 5.32 Å². The van der Waals surface area contributed by atoms with Crippen LogP contribution in [0.3, 0.4) is 0 Å². The minimum Gasteiger partial charge on any atom is -0.396 e. The Kier molecular flexibility index (Phi) is 5.05. The highest BCUT2D eigenvalue weighted by molar-refractivity contribution is 4.90. The molecule has 1 aliphatic carbocycles. The maximum atomic E-state index is 9.24. The van der Waals surface area contributed by atoms with Gasteiger partial charge in [-0.05, 0) is 56.5 Å². The van der Waals surface area contributed by atoms with Crippen LogP contribution in [0.4, 0.5) is 0 Å².